The molecule has 0 aromatic heterocycles. The van der Waals surface area contributed by atoms with Crippen molar-refractivity contribution in [1.29, 1.82) is 0 Å². The Bertz CT molecular complexity index is 431. The lowest BCUT2D eigenvalue weighted by molar-refractivity contribution is 0.0957. The van der Waals surface area contributed by atoms with E-state index in [2.05, 4.69) is 13.8 Å². The Hall–Kier alpha value is -0.730. The monoisotopic (exact) mass is 282 g/mol. The van der Waals surface area contributed by atoms with Crippen LogP contribution < -0.4 is 4.74 Å². The van der Waals surface area contributed by atoms with Crippen LogP contribution in [-0.2, 0) is 0 Å². The van der Waals surface area contributed by atoms with Gasteiger partial charge in [0.1, 0.15) is 5.75 Å². The molecular formula is C16H23ClO2. The summed E-state index contributed by atoms with van der Waals surface area (Å²) in [6.45, 7) is 6.34. The Labute approximate surface area is 120 Å². The van der Waals surface area contributed by atoms with Crippen molar-refractivity contribution in [3.05, 3.63) is 28.8 Å². The number of benzene rings is 1. The highest BCUT2D eigenvalue weighted by Crippen LogP contribution is 2.34. The van der Waals surface area contributed by atoms with Crippen LogP contribution in [0.2, 0.25) is 5.02 Å². The van der Waals surface area contributed by atoms with Gasteiger partial charge in [0.05, 0.1) is 12.2 Å². The second-order valence-corrected chi connectivity index (χ2v) is 6.30. The number of rotatable bonds is 3. The van der Waals surface area contributed by atoms with Gasteiger partial charge in [-0.15, -0.1) is 0 Å². The van der Waals surface area contributed by atoms with E-state index in [0.29, 0.717) is 10.9 Å². The van der Waals surface area contributed by atoms with Crippen LogP contribution in [0, 0.1) is 11.8 Å². The summed E-state index contributed by atoms with van der Waals surface area (Å²) in [4.78, 5) is 0. The second-order valence-electron chi connectivity index (χ2n) is 5.87. The van der Waals surface area contributed by atoms with Crippen molar-refractivity contribution in [3.63, 3.8) is 0 Å². The highest BCUT2D eigenvalue weighted by molar-refractivity contribution is 6.30. The maximum absolute atomic E-state index is 9.81. The Morgan fingerprint density at radius 1 is 1.26 bits per heavy atom. The van der Waals surface area contributed by atoms with Crippen LogP contribution in [0.25, 0.3) is 0 Å². The van der Waals surface area contributed by atoms with Gasteiger partial charge in [-0.3, -0.25) is 0 Å². The van der Waals surface area contributed by atoms with E-state index in [9.17, 15) is 5.11 Å². The third kappa shape index (κ3) is 3.64. The quantitative estimate of drug-likeness (QED) is 0.878. The molecule has 3 heteroatoms. The van der Waals surface area contributed by atoms with E-state index in [4.69, 9.17) is 16.3 Å². The molecule has 1 aromatic rings. The number of aliphatic hydroxyl groups is 1. The van der Waals surface area contributed by atoms with Gasteiger partial charge in [-0.05, 0) is 56.2 Å². The molecule has 2 rings (SSSR count). The zero-order chi connectivity index (χ0) is 14.0. The molecule has 1 aromatic carbocycles. The van der Waals surface area contributed by atoms with Gasteiger partial charge in [0.15, 0.2) is 0 Å². The van der Waals surface area contributed by atoms with Crippen molar-refractivity contribution in [2.45, 2.75) is 52.2 Å². The molecule has 0 aliphatic heterocycles. The molecule has 0 saturated heterocycles. The minimum absolute atomic E-state index is 0.255. The van der Waals surface area contributed by atoms with Crippen molar-refractivity contribution < 1.29 is 9.84 Å². The molecule has 1 saturated carbocycles. The third-order valence-electron chi connectivity index (χ3n) is 4.27. The SMILES string of the molecule is CC1CCC(Oc2ccc(Cl)cc2[C@@H](C)O)CC1C. The number of hydrogen-bond donors (Lipinski definition) is 1. The summed E-state index contributed by atoms with van der Waals surface area (Å²) in [7, 11) is 0. The van der Waals surface area contributed by atoms with Crippen LogP contribution >= 0.6 is 11.6 Å². The molecule has 19 heavy (non-hydrogen) atoms. The molecule has 2 nitrogen and oxygen atoms in total. The molecule has 0 spiro atoms. The van der Waals surface area contributed by atoms with Crippen molar-refractivity contribution >= 4 is 11.6 Å². The highest BCUT2D eigenvalue weighted by atomic mass is 35.5. The van der Waals surface area contributed by atoms with Gasteiger partial charge in [-0.2, -0.15) is 0 Å². The lowest BCUT2D eigenvalue weighted by Gasteiger charge is -2.32. The Morgan fingerprint density at radius 3 is 2.63 bits per heavy atom. The number of hydrogen-bond acceptors (Lipinski definition) is 2. The summed E-state index contributed by atoms with van der Waals surface area (Å²) in [5, 5.41) is 10.4. The zero-order valence-corrected chi connectivity index (χ0v) is 12.7. The van der Waals surface area contributed by atoms with E-state index in [-0.39, 0.29) is 6.10 Å². The standard InChI is InChI=1S/C16H23ClO2/c1-10-4-6-14(8-11(10)2)19-16-7-5-13(17)9-15(16)12(3)18/h5,7,9-12,14,18H,4,6,8H2,1-3H3/t10?,11?,12-,14?/m1/s1. The maximum Gasteiger partial charge on any atom is 0.125 e. The summed E-state index contributed by atoms with van der Waals surface area (Å²) >= 11 is 5.98. The summed E-state index contributed by atoms with van der Waals surface area (Å²) in [5.41, 5.74) is 0.777. The first kappa shape index (κ1) is 14.7. The number of halogens is 1. The van der Waals surface area contributed by atoms with E-state index in [1.54, 1.807) is 13.0 Å². The predicted octanol–water partition coefficient (Wildman–Crippen LogP) is 4.60. The Kier molecular flexibility index (Phi) is 4.75. The van der Waals surface area contributed by atoms with Crippen LogP contribution in [0.3, 0.4) is 0 Å². The average Bonchev–Trinajstić information content (AvgIpc) is 2.36. The predicted molar refractivity (Wildman–Crippen MR) is 78.7 cm³/mol. The van der Waals surface area contributed by atoms with Crippen molar-refractivity contribution in [1.82, 2.24) is 0 Å². The van der Waals surface area contributed by atoms with E-state index in [1.165, 1.54) is 6.42 Å². The van der Waals surface area contributed by atoms with Gasteiger partial charge >= 0.3 is 0 Å². The van der Waals surface area contributed by atoms with Crippen molar-refractivity contribution in [2.24, 2.45) is 11.8 Å². The van der Waals surface area contributed by atoms with E-state index < -0.39 is 6.10 Å². The molecule has 3 unspecified atom stereocenters. The first-order valence-corrected chi connectivity index (χ1v) is 7.49. The molecule has 1 aliphatic rings. The van der Waals surface area contributed by atoms with E-state index >= 15 is 0 Å². The lowest BCUT2D eigenvalue weighted by atomic mass is 9.80. The summed E-state index contributed by atoms with van der Waals surface area (Å²) in [5.74, 6) is 2.24. The van der Waals surface area contributed by atoms with Crippen molar-refractivity contribution in [3.8, 4) is 5.75 Å². The first-order chi connectivity index (χ1) is 8.97. The van der Waals surface area contributed by atoms with Gasteiger partial charge in [-0.1, -0.05) is 25.4 Å². The first-order valence-electron chi connectivity index (χ1n) is 7.11. The molecule has 1 fully saturated rings. The fraction of sp³-hybridized carbons (Fsp3) is 0.625. The van der Waals surface area contributed by atoms with Gasteiger partial charge in [-0.25, -0.2) is 0 Å². The average molecular weight is 283 g/mol. The minimum Gasteiger partial charge on any atom is -0.490 e. The zero-order valence-electron chi connectivity index (χ0n) is 11.9. The van der Waals surface area contributed by atoms with Crippen LogP contribution in [0.15, 0.2) is 18.2 Å². The molecule has 0 radical (unpaired) electrons. The van der Waals surface area contributed by atoms with E-state index in [0.717, 1.165) is 30.1 Å². The van der Waals surface area contributed by atoms with Gasteiger partial charge in [0.2, 0.25) is 0 Å². The normalized spacial score (nSPS) is 29.0. The lowest BCUT2D eigenvalue weighted by Crippen LogP contribution is -2.29. The molecule has 0 heterocycles. The topological polar surface area (TPSA) is 29.5 Å². The highest BCUT2D eigenvalue weighted by Gasteiger charge is 2.26. The minimum atomic E-state index is -0.561. The van der Waals surface area contributed by atoms with E-state index in [1.807, 2.05) is 12.1 Å². The number of aliphatic hydroxyl groups excluding tert-OH is 1. The molecule has 1 N–H and O–H groups in total. The third-order valence-corrected chi connectivity index (χ3v) is 4.50. The number of ether oxygens (including phenoxy) is 1. The van der Waals surface area contributed by atoms with Crippen LogP contribution in [-0.4, -0.2) is 11.2 Å². The van der Waals surface area contributed by atoms with Crippen molar-refractivity contribution in [2.75, 3.05) is 0 Å². The molecule has 0 bridgehead atoms. The smallest absolute Gasteiger partial charge is 0.125 e. The maximum atomic E-state index is 9.81. The summed E-state index contributed by atoms with van der Waals surface area (Å²) in [6, 6.07) is 5.47. The molecular weight excluding hydrogens is 260 g/mol. The summed E-state index contributed by atoms with van der Waals surface area (Å²) in [6.07, 6.45) is 3.08. The van der Waals surface area contributed by atoms with Crippen LogP contribution in [0.5, 0.6) is 5.75 Å². The Balaban J connectivity index is 2.11. The fourth-order valence-corrected chi connectivity index (χ4v) is 2.92. The molecule has 0 amide bonds. The van der Waals surface area contributed by atoms with Gasteiger partial charge in [0.25, 0.3) is 0 Å². The van der Waals surface area contributed by atoms with Gasteiger partial charge in [0, 0.05) is 10.6 Å². The summed E-state index contributed by atoms with van der Waals surface area (Å²) < 4.78 is 6.10. The molecule has 1 aliphatic carbocycles. The fourth-order valence-electron chi connectivity index (χ4n) is 2.74. The largest absolute Gasteiger partial charge is 0.490 e. The van der Waals surface area contributed by atoms with Gasteiger partial charge < -0.3 is 9.84 Å². The van der Waals surface area contributed by atoms with Crippen LogP contribution in [0.4, 0.5) is 0 Å². The molecule has 106 valence electrons. The Morgan fingerprint density at radius 2 is 2.00 bits per heavy atom. The molecule has 4 atom stereocenters. The van der Waals surface area contributed by atoms with Crippen LogP contribution in [0.1, 0.15) is 51.7 Å². The second kappa shape index (κ2) is 6.15.